The molecule has 0 saturated heterocycles. The molecule has 0 radical (unpaired) electrons. The van der Waals surface area contributed by atoms with Crippen LogP contribution in [0.3, 0.4) is 0 Å². The summed E-state index contributed by atoms with van der Waals surface area (Å²) in [7, 11) is -2.09. The van der Waals surface area contributed by atoms with Crippen molar-refractivity contribution in [3.63, 3.8) is 0 Å². The van der Waals surface area contributed by atoms with Crippen LogP contribution in [0.2, 0.25) is 20.8 Å². The molecule has 22 heavy (non-hydrogen) atoms. The van der Waals surface area contributed by atoms with E-state index >= 15 is 0 Å². The van der Waals surface area contributed by atoms with E-state index in [0.717, 1.165) is 0 Å². The molecule has 0 spiro atoms. The zero-order valence-corrected chi connectivity index (χ0v) is 20.2. The molecule has 0 aliphatic heterocycles. The van der Waals surface area contributed by atoms with E-state index in [-0.39, 0.29) is 0 Å². The number of hydrogen-bond acceptors (Lipinski definition) is 0. The van der Waals surface area contributed by atoms with E-state index < -0.39 is 9.10 Å². The summed E-state index contributed by atoms with van der Waals surface area (Å²) in [4.78, 5) is 0. The third-order valence-electron chi connectivity index (χ3n) is 5.28. The number of hydrogen-bond donors (Lipinski definition) is 0. The summed E-state index contributed by atoms with van der Waals surface area (Å²) in [5.41, 5.74) is 0. The van der Waals surface area contributed by atoms with Crippen LogP contribution in [0.5, 0.6) is 0 Å². The van der Waals surface area contributed by atoms with Crippen LogP contribution in [0.25, 0.3) is 0 Å². The number of rotatable bonds is 16. The van der Waals surface area contributed by atoms with Gasteiger partial charge in [-0.1, -0.05) is 0 Å². The Bertz CT molecular complexity index is 201. The third-order valence-corrected chi connectivity index (χ3v) is 27.3. The summed E-state index contributed by atoms with van der Waals surface area (Å²) in [5.74, 6) is 0. The molecule has 0 heterocycles. The average Bonchev–Trinajstić information content (AvgIpc) is 2.49. The van der Waals surface area contributed by atoms with Gasteiger partial charge < -0.3 is 0 Å². The van der Waals surface area contributed by atoms with Gasteiger partial charge in [-0.15, -0.1) is 0 Å². The Labute approximate surface area is 154 Å². The van der Waals surface area contributed by atoms with Crippen LogP contribution in [0.15, 0.2) is 0 Å². The zero-order valence-electron chi connectivity index (χ0n) is 16.1. The maximum atomic E-state index is 3.15. The molecule has 0 N–H and O–H groups in total. The molecule has 2 heteroatoms. The summed E-state index contributed by atoms with van der Waals surface area (Å²) < 4.78 is 0. The molecule has 0 fully saturated rings. The number of halogens is 1. The second-order valence-electron chi connectivity index (χ2n) is 7.54. The Morgan fingerprint density at radius 3 is 0.864 bits per heavy atom. The summed E-state index contributed by atoms with van der Waals surface area (Å²) in [6, 6.07) is 0. The molecule has 0 amide bonds. The van der Waals surface area contributed by atoms with Crippen molar-refractivity contribution >= 4 is 29.2 Å². The molecule has 0 atom stereocenters. The van der Waals surface area contributed by atoms with Crippen molar-refractivity contribution in [2.75, 3.05) is 0 Å². The first kappa shape index (κ1) is 23.3. The van der Waals surface area contributed by atoms with Crippen molar-refractivity contribution < 1.29 is 0 Å². The SMILES string of the molecule is CCCCC[As](I)(CCCCC)(CCCCC)CCCCC. The van der Waals surface area contributed by atoms with Crippen LogP contribution in [0.1, 0.15) is 105 Å². The van der Waals surface area contributed by atoms with Gasteiger partial charge in [-0.25, -0.2) is 0 Å². The Morgan fingerprint density at radius 1 is 0.455 bits per heavy atom. The first-order chi connectivity index (χ1) is 10.5. The van der Waals surface area contributed by atoms with E-state index in [1.807, 2.05) is 0 Å². The molecule has 0 aromatic rings. The van der Waals surface area contributed by atoms with E-state index in [1.54, 1.807) is 20.8 Å². The van der Waals surface area contributed by atoms with E-state index in [0.29, 0.717) is 0 Å². The molecule has 0 aliphatic carbocycles. The second kappa shape index (κ2) is 13.6. The van der Waals surface area contributed by atoms with E-state index in [2.05, 4.69) is 47.8 Å². The van der Waals surface area contributed by atoms with Crippen LogP contribution >= 0.6 is 20.1 Å². The maximum absolute atomic E-state index is 3.15. The minimum absolute atomic E-state index is 1.38. The van der Waals surface area contributed by atoms with Crippen molar-refractivity contribution in [1.82, 2.24) is 0 Å². The van der Waals surface area contributed by atoms with Crippen molar-refractivity contribution in [2.24, 2.45) is 0 Å². The Hall–Kier alpha value is 1.29. The fraction of sp³-hybridized carbons (Fsp3) is 1.00. The van der Waals surface area contributed by atoms with Gasteiger partial charge in [0, 0.05) is 0 Å². The van der Waals surface area contributed by atoms with Crippen LogP contribution < -0.4 is 0 Å². The first-order valence-electron chi connectivity index (χ1n) is 10.3. The van der Waals surface area contributed by atoms with Gasteiger partial charge in [-0.05, 0) is 0 Å². The molecule has 0 aliphatic rings. The van der Waals surface area contributed by atoms with E-state index in [4.69, 9.17) is 0 Å². The van der Waals surface area contributed by atoms with Crippen molar-refractivity contribution in [2.45, 2.75) is 126 Å². The topological polar surface area (TPSA) is 0 Å². The molecular formula is C20H44AsI. The second-order valence-corrected chi connectivity index (χ2v) is 33.1. The molecule has 0 rings (SSSR count). The van der Waals surface area contributed by atoms with Gasteiger partial charge >= 0.3 is 155 Å². The van der Waals surface area contributed by atoms with Crippen LogP contribution in [0.4, 0.5) is 0 Å². The predicted octanol–water partition coefficient (Wildman–Crippen LogP) is 9.08. The molecule has 0 aromatic carbocycles. The van der Waals surface area contributed by atoms with Crippen molar-refractivity contribution in [3.05, 3.63) is 0 Å². The molecule has 0 unspecified atom stereocenters. The zero-order chi connectivity index (χ0) is 16.8. The molecule has 0 aromatic heterocycles. The van der Waals surface area contributed by atoms with E-state index in [1.165, 1.54) is 77.0 Å². The van der Waals surface area contributed by atoms with Gasteiger partial charge in [0.25, 0.3) is 0 Å². The van der Waals surface area contributed by atoms with Gasteiger partial charge in [0.15, 0.2) is 0 Å². The fourth-order valence-corrected chi connectivity index (χ4v) is 22.1. The standard InChI is InChI=1S/C20H44AsI/c1-5-9-13-17-21(22,18-14-10-6-2,19-15-11-7-3)20-16-12-8-4/h5-20H2,1-4H3. The summed E-state index contributed by atoms with van der Waals surface area (Å²) in [5, 5.41) is 6.57. The number of unbranched alkanes of at least 4 members (excludes halogenated alkanes) is 8. The van der Waals surface area contributed by atoms with Gasteiger partial charge in [0.2, 0.25) is 0 Å². The Balaban J connectivity index is 4.89. The molecule has 0 nitrogen and oxygen atoms in total. The molecule has 0 bridgehead atoms. The van der Waals surface area contributed by atoms with E-state index in [9.17, 15) is 0 Å². The van der Waals surface area contributed by atoms with Gasteiger partial charge in [-0.2, -0.15) is 0 Å². The van der Waals surface area contributed by atoms with Crippen LogP contribution in [-0.4, -0.2) is 9.10 Å². The Kier molecular flexibility index (Phi) is 14.4. The van der Waals surface area contributed by atoms with Crippen molar-refractivity contribution in [1.29, 1.82) is 0 Å². The third kappa shape index (κ3) is 10.2. The van der Waals surface area contributed by atoms with Crippen LogP contribution in [0, 0.1) is 0 Å². The monoisotopic (exact) mass is 486 g/mol. The fourth-order valence-electron chi connectivity index (χ4n) is 3.70. The molecule has 0 saturated carbocycles. The summed E-state index contributed by atoms with van der Waals surface area (Å²) >= 11 is 3.15. The molecule has 136 valence electrons. The first-order valence-corrected chi connectivity index (χ1v) is 21.3. The normalized spacial score (nSPS) is 14.0. The predicted molar refractivity (Wildman–Crippen MR) is 117 cm³/mol. The Morgan fingerprint density at radius 2 is 0.682 bits per heavy atom. The quantitative estimate of drug-likeness (QED) is 0.116. The minimum atomic E-state index is -2.09. The summed E-state index contributed by atoms with van der Waals surface area (Å²) in [6.45, 7) is 9.44. The summed E-state index contributed by atoms with van der Waals surface area (Å²) in [6.07, 6.45) is 17.5. The average molecular weight is 486 g/mol. The molecular weight excluding hydrogens is 442 g/mol. The van der Waals surface area contributed by atoms with Crippen LogP contribution in [-0.2, 0) is 0 Å². The van der Waals surface area contributed by atoms with Gasteiger partial charge in [0.1, 0.15) is 0 Å². The van der Waals surface area contributed by atoms with Gasteiger partial charge in [0.05, 0.1) is 0 Å². The van der Waals surface area contributed by atoms with Gasteiger partial charge in [-0.3, -0.25) is 0 Å². The van der Waals surface area contributed by atoms with Crippen molar-refractivity contribution in [3.8, 4) is 0 Å².